The average Bonchev–Trinajstić information content (AvgIpc) is 2.52. The normalized spacial score (nSPS) is 11.8. The van der Waals surface area contributed by atoms with Gasteiger partial charge in [-0.1, -0.05) is 24.3 Å². The minimum absolute atomic E-state index is 0.0991. The second-order valence-corrected chi connectivity index (χ2v) is 6.96. The van der Waals surface area contributed by atoms with Gasteiger partial charge >= 0.3 is 0 Å². The second kappa shape index (κ2) is 7.05. The maximum Gasteiger partial charge on any atom is 0.258 e. The third kappa shape index (κ3) is 4.26. The summed E-state index contributed by atoms with van der Waals surface area (Å²) in [7, 11) is -3.47. The number of nitrogens with zero attached hydrogens (tertiary/aromatic N) is 1. The zero-order valence-corrected chi connectivity index (χ0v) is 13.7. The summed E-state index contributed by atoms with van der Waals surface area (Å²) >= 11 is 0. The van der Waals surface area contributed by atoms with Gasteiger partial charge in [-0.25, -0.2) is 8.42 Å². The number of carbonyl (C=O) groups excluding carboxylic acids is 1. The molecule has 0 aliphatic carbocycles. The van der Waals surface area contributed by atoms with Crippen molar-refractivity contribution in [2.45, 2.75) is 4.90 Å². The summed E-state index contributed by atoms with van der Waals surface area (Å²) in [6.07, 6.45) is 5.55. The Labute approximate surface area is 139 Å². The lowest BCUT2D eigenvalue weighted by Crippen LogP contribution is -2.36. The van der Waals surface area contributed by atoms with Crippen molar-refractivity contribution in [2.75, 3.05) is 6.26 Å². The predicted octanol–water partition coefficient (Wildman–Crippen LogP) is 1.04. The molecule has 0 spiro atoms. The number of hydrogen-bond acceptors (Lipinski definition) is 5. The Balaban J connectivity index is 2.63. The minimum atomic E-state index is -3.47. The summed E-state index contributed by atoms with van der Waals surface area (Å²) in [4.78, 5) is 16.4. The summed E-state index contributed by atoms with van der Waals surface area (Å²) in [5.74, 6) is -1.13. The Hall–Kier alpha value is -3.00. The number of guanidine groups is 1. The van der Waals surface area contributed by atoms with Crippen molar-refractivity contribution in [3.05, 3.63) is 59.9 Å². The quantitative estimate of drug-likeness (QED) is 0.434. The maximum absolute atomic E-state index is 12.3. The van der Waals surface area contributed by atoms with E-state index in [1.165, 1.54) is 18.3 Å². The van der Waals surface area contributed by atoms with Crippen LogP contribution in [0.1, 0.15) is 11.1 Å². The van der Waals surface area contributed by atoms with E-state index in [4.69, 9.17) is 11.1 Å². The van der Waals surface area contributed by atoms with E-state index in [9.17, 15) is 13.2 Å². The molecule has 1 aromatic carbocycles. The highest BCUT2D eigenvalue weighted by atomic mass is 32.2. The van der Waals surface area contributed by atoms with Crippen LogP contribution in [0.3, 0.4) is 0 Å². The van der Waals surface area contributed by atoms with Gasteiger partial charge in [-0.05, 0) is 23.8 Å². The number of benzene rings is 1. The van der Waals surface area contributed by atoms with E-state index in [0.29, 0.717) is 11.1 Å². The van der Waals surface area contributed by atoms with Gasteiger partial charge < -0.3 is 5.73 Å². The average molecular weight is 344 g/mol. The molecule has 0 saturated carbocycles. The van der Waals surface area contributed by atoms with E-state index in [0.717, 1.165) is 6.26 Å². The number of nitrogens with two attached hydrogens (primary N) is 1. The van der Waals surface area contributed by atoms with Gasteiger partial charge in [-0.2, -0.15) is 0 Å². The highest BCUT2D eigenvalue weighted by Gasteiger charge is 2.16. The molecule has 0 bridgehead atoms. The zero-order valence-electron chi connectivity index (χ0n) is 12.9. The third-order valence-electron chi connectivity index (χ3n) is 3.08. The van der Waals surface area contributed by atoms with Gasteiger partial charge in [0, 0.05) is 29.8 Å². The molecule has 8 heteroatoms. The van der Waals surface area contributed by atoms with Crippen LogP contribution in [0.2, 0.25) is 0 Å². The molecule has 7 nitrogen and oxygen atoms in total. The molecule has 0 fully saturated rings. The molecular formula is C16H16N4O3S. The molecule has 0 aliphatic heterocycles. The van der Waals surface area contributed by atoms with E-state index in [1.807, 2.05) is 0 Å². The van der Waals surface area contributed by atoms with Crippen molar-refractivity contribution < 1.29 is 13.2 Å². The van der Waals surface area contributed by atoms with Crippen molar-refractivity contribution in [3.63, 3.8) is 0 Å². The Kier molecular flexibility index (Phi) is 5.10. The number of carbonyl (C=O) groups is 1. The number of hydrogen-bond donors (Lipinski definition) is 3. The molecule has 1 amide bonds. The first kappa shape index (κ1) is 17.4. The van der Waals surface area contributed by atoms with Gasteiger partial charge in [0.15, 0.2) is 15.8 Å². The molecular weight excluding hydrogens is 328 g/mol. The van der Waals surface area contributed by atoms with Gasteiger partial charge in [-0.15, -0.1) is 0 Å². The number of sulfone groups is 1. The number of rotatable bonds is 4. The first-order chi connectivity index (χ1) is 11.3. The van der Waals surface area contributed by atoms with Crippen LogP contribution in [0, 0.1) is 5.41 Å². The van der Waals surface area contributed by atoms with E-state index in [2.05, 4.69) is 10.3 Å². The summed E-state index contributed by atoms with van der Waals surface area (Å²) < 4.78 is 23.8. The lowest BCUT2D eigenvalue weighted by atomic mass is 10.0. The maximum atomic E-state index is 12.3. The number of aromatic nitrogens is 1. The van der Waals surface area contributed by atoms with Gasteiger partial charge in [0.25, 0.3) is 5.91 Å². The molecule has 0 radical (unpaired) electrons. The molecule has 2 aromatic rings. The van der Waals surface area contributed by atoms with E-state index >= 15 is 0 Å². The van der Waals surface area contributed by atoms with Crippen molar-refractivity contribution in [3.8, 4) is 0 Å². The highest BCUT2D eigenvalue weighted by Crippen LogP contribution is 2.23. The Morgan fingerprint density at radius 1 is 1.25 bits per heavy atom. The molecule has 124 valence electrons. The van der Waals surface area contributed by atoms with Crippen LogP contribution in [0.4, 0.5) is 0 Å². The van der Waals surface area contributed by atoms with Crippen molar-refractivity contribution in [2.24, 2.45) is 5.73 Å². The molecule has 4 N–H and O–H groups in total. The number of nitrogens with one attached hydrogen (secondary N) is 2. The van der Waals surface area contributed by atoms with E-state index in [-0.39, 0.29) is 10.5 Å². The van der Waals surface area contributed by atoms with Crippen LogP contribution in [0.15, 0.2) is 53.7 Å². The summed E-state index contributed by atoms with van der Waals surface area (Å²) in [6.45, 7) is 0. The molecule has 0 unspecified atom stereocenters. The Morgan fingerprint density at radius 3 is 2.54 bits per heavy atom. The van der Waals surface area contributed by atoms with Crippen molar-refractivity contribution in [1.29, 1.82) is 5.41 Å². The number of pyridine rings is 1. The number of amides is 1. The topological polar surface area (TPSA) is 126 Å². The lowest BCUT2D eigenvalue weighted by Gasteiger charge is -2.10. The van der Waals surface area contributed by atoms with Crippen LogP contribution in [0.5, 0.6) is 0 Å². The monoisotopic (exact) mass is 344 g/mol. The Bertz CT molecular complexity index is 906. The van der Waals surface area contributed by atoms with Crippen LogP contribution < -0.4 is 11.1 Å². The van der Waals surface area contributed by atoms with Gasteiger partial charge in [0.05, 0.1) is 4.90 Å². The van der Waals surface area contributed by atoms with Gasteiger partial charge in [0.1, 0.15) is 0 Å². The van der Waals surface area contributed by atoms with Gasteiger partial charge in [-0.3, -0.25) is 20.5 Å². The molecule has 2 rings (SSSR count). The van der Waals surface area contributed by atoms with Crippen LogP contribution in [-0.2, 0) is 14.6 Å². The zero-order chi connectivity index (χ0) is 17.7. The second-order valence-electron chi connectivity index (χ2n) is 4.98. The molecule has 24 heavy (non-hydrogen) atoms. The molecule has 0 saturated heterocycles. The van der Waals surface area contributed by atoms with Crippen LogP contribution in [0.25, 0.3) is 11.6 Å². The predicted molar refractivity (Wildman–Crippen MR) is 91.7 cm³/mol. The fraction of sp³-hybridized carbons (Fsp3) is 0.0625. The first-order valence-corrected chi connectivity index (χ1v) is 8.75. The van der Waals surface area contributed by atoms with E-state index < -0.39 is 21.7 Å². The minimum Gasteiger partial charge on any atom is -0.370 e. The van der Waals surface area contributed by atoms with Crippen LogP contribution in [-0.4, -0.2) is 31.5 Å². The summed E-state index contributed by atoms with van der Waals surface area (Å²) in [6, 6.07) is 9.63. The summed E-state index contributed by atoms with van der Waals surface area (Å²) in [5.41, 5.74) is 6.19. The molecule has 1 heterocycles. The third-order valence-corrected chi connectivity index (χ3v) is 4.25. The van der Waals surface area contributed by atoms with E-state index in [1.54, 1.807) is 36.5 Å². The standard InChI is InChI=1S/C16H16N4O3S/c1-24(22,23)14-7-3-2-5-11(14)9-13(15(21)20-16(17)18)12-6-4-8-19-10-12/h2-10H,1H3,(H4,17,18,20,21)/b13-9+. The first-order valence-electron chi connectivity index (χ1n) is 6.85. The molecule has 1 aromatic heterocycles. The van der Waals surface area contributed by atoms with Gasteiger partial charge in [0.2, 0.25) is 0 Å². The Morgan fingerprint density at radius 2 is 1.96 bits per heavy atom. The van der Waals surface area contributed by atoms with Crippen molar-refractivity contribution >= 4 is 33.4 Å². The summed E-state index contributed by atoms with van der Waals surface area (Å²) in [5, 5.41) is 9.41. The molecule has 0 aliphatic rings. The van der Waals surface area contributed by atoms with Crippen LogP contribution >= 0.6 is 0 Å². The molecule has 0 atom stereocenters. The van der Waals surface area contributed by atoms with Crippen molar-refractivity contribution in [1.82, 2.24) is 10.3 Å². The fourth-order valence-corrected chi connectivity index (χ4v) is 2.97. The highest BCUT2D eigenvalue weighted by molar-refractivity contribution is 7.90. The lowest BCUT2D eigenvalue weighted by molar-refractivity contribution is -0.114. The smallest absolute Gasteiger partial charge is 0.258 e. The fourth-order valence-electron chi connectivity index (χ4n) is 2.08. The SMILES string of the molecule is CS(=O)(=O)c1ccccc1/C=C(/C(=O)NC(=N)N)c1cccnc1. The largest absolute Gasteiger partial charge is 0.370 e.